The number of carboxylic acid groups (broad SMARTS) is 1. The molecule has 22 heavy (non-hydrogen) atoms. The maximum atomic E-state index is 11.9. The summed E-state index contributed by atoms with van der Waals surface area (Å²) in [6.45, 7) is 0.175. The predicted molar refractivity (Wildman–Crippen MR) is 74.9 cm³/mol. The zero-order chi connectivity index (χ0) is 15.9. The first-order valence-electron chi connectivity index (χ1n) is 6.34. The van der Waals surface area contributed by atoms with Gasteiger partial charge in [-0.25, -0.2) is 0 Å². The van der Waals surface area contributed by atoms with Crippen molar-refractivity contribution < 1.29 is 19.1 Å². The molecule has 110 valence electrons. The lowest BCUT2D eigenvalue weighted by Crippen LogP contribution is -2.23. The van der Waals surface area contributed by atoms with E-state index in [0.717, 1.165) is 0 Å². The third-order valence-corrected chi connectivity index (χ3v) is 2.83. The molecule has 1 aromatic heterocycles. The molecule has 1 aromatic carbocycles. The minimum absolute atomic E-state index is 0.0259. The number of carbonyl (C=O) groups excluding carboxylic acids is 2. The van der Waals surface area contributed by atoms with Crippen LogP contribution >= 0.6 is 0 Å². The van der Waals surface area contributed by atoms with Gasteiger partial charge in [-0.1, -0.05) is 24.3 Å². The van der Waals surface area contributed by atoms with Gasteiger partial charge in [0.1, 0.15) is 17.4 Å². The molecule has 0 aliphatic rings. The predicted octanol–water partition coefficient (Wildman–Crippen LogP) is 0.866. The normalized spacial score (nSPS) is 10.8. The first-order chi connectivity index (χ1) is 10.6. The van der Waals surface area contributed by atoms with Crippen LogP contribution in [0.3, 0.4) is 0 Å². The molecular formula is C16H11N2O4-. The van der Waals surface area contributed by atoms with Gasteiger partial charge in [-0.05, 0) is 29.3 Å². The monoisotopic (exact) mass is 295 g/mol. The lowest BCUT2D eigenvalue weighted by Gasteiger charge is -2.04. The fraction of sp³-hybridized carbons (Fsp3) is 0.0625. The van der Waals surface area contributed by atoms with Gasteiger partial charge in [-0.2, -0.15) is 5.26 Å². The maximum Gasteiger partial charge on any atom is 0.262 e. The van der Waals surface area contributed by atoms with Crippen molar-refractivity contribution >= 4 is 18.0 Å². The molecule has 6 nitrogen and oxygen atoms in total. The smallest absolute Gasteiger partial charge is 0.262 e. The van der Waals surface area contributed by atoms with E-state index in [1.54, 1.807) is 12.1 Å². The zero-order valence-electron chi connectivity index (χ0n) is 11.4. The summed E-state index contributed by atoms with van der Waals surface area (Å²) in [6, 6.07) is 10.9. The number of aromatic carboxylic acids is 1. The van der Waals surface area contributed by atoms with Crippen LogP contribution in [0.1, 0.15) is 21.7 Å². The van der Waals surface area contributed by atoms with Crippen LogP contribution in [0.2, 0.25) is 0 Å². The number of nitrogens with zero attached hydrogens (tertiary/aromatic N) is 1. The Kier molecular flexibility index (Phi) is 4.73. The Labute approximate surface area is 126 Å². The van der Waals surface area contributed by atoms with Gasteiger partial charge < -0.3 is 19.6 Å². The van der Waals surface area contributed by atoms with Crippen LogP contribution in [0, 0.1) is 11.3 Å². The average Bonchev–Trinajstić information content (AvgIpc) is 3.04. The van der Waals surface area contributed by atoms with Gasteiger partial charge >= 0.3 is 0 Å². The zero-order valence-corrected chi connectivity index (χ0v) is 11.4. The molecule has 6 heteroatoms. The molecule has 0 radical (unpaired) electrons. The second-order valence-electron chi connectivity index (χ2n) is 4.34. The van der Waals surface area contributed by atoms with Gasteiger partial charge in [0.25, 0.3) is 5.91 Å². The molecule has 1 amide bonds. The quantitative estimate of drug-likeness (QED) is 0.650. The van der Waals surface area contributed by atoms with Crippen molar-refractivity contribution in [2.45, 2.75) is 6.54 Å². The molecule has 0 saturated carbocycles. The topological polar surface area (TPSA) is 106 Å². The highest BCUT2D eigenvalue weighted by molar-refractivity contribution is 6.01. The highest BCUT2D eigenvalue weighted by Crippen LogP contribution is 2.09. The number of nitrogens with one attached hydrogen (secondary N) is 1. The molecular weight excluding hydrogens is 284 g/mol. The van der Waals surface area contributed by atoms with E-state index in [2.05, 4.69) is 5.32 Å². The number of amides is 1. The van der Waals surface area contributed by atoms with Crippen LogP contribution in [0.5, 0.6) is 0 Å². The lowest BCUT2D eigenvalue weighted by molar-refractivity contribution is -0.255. The van der Waals surface area contributed by atoms with E-state index in [1.165, 1.54) is 36.6 Å². The number of rotatable bonds is 5. The number of furan rings is 1. The lowest BCUT2D eigenvalue weighted by atomic mass is 10.1. The van der Waals surface area contributed by atoms with Crippen molar-refractivity contribution in [1.29, 1.82) is 5.26 Å². The molecule has 0 atom stereocenters. The number of nitriles is 1. The molecule has 0 aliphatic heterocycles. The van der Waals surface area contributed by atoms with Gasteiger partial charge in [0.15, 0.2) is 0 Å². The Balaban J connectivity index is 2.07. The SMILES string of the molecule is N#CC(=Cc1ccc(C(=O)[O-])cc1)C(=O)NCc1ccco1. The molecule has 0 aliphatic carbocycles. The molecule has 2 aromatic rings. The highest BCUT2D eigenvalue weighted by atomic mass is 16.4. The van der Waals surface area contributed by atoms with Crippen LogP contribution in [-0.2, 0) is 11.3 Å². The number of hydrogen-bond donors (Lipinski definition) is 1. The summed E-state index contributed by atoms with van der Waals surface area (Å²) < 4.78 is 5.07. The molecule has 0 saturated heterocycles. The summed E-state index contributed by atoms with van der Waals surface area (Å²) in [7, 11) is 0. The van der Waals surface area contributed by atoms with Gasteiger partial charge in [-0.3, -0.25) is 4.79 Å². The van der Waals surface area contributed by atoms with Gasteiger partial charge in [0, 0.05) is 0 Å². The van der Waals surface area contributed by atoms with Crippen LogP contribution in [-0.4, -0.2) is 11.9 Å². The molecule has 0 unspecified atom stereocenters. The van der Waals surface area contributed by atoms with Crippen molar-refractivity contribution in [3.8, 4) is 6.07 Å². The van der Waals surface area contributed by atoms with E-state index in [4.69, 9.17) is 9.68 Å². The summed E-state index contributed by atoms with van der Waals surface area (Å²) in [5, 5.41) is 22.3. The second-order valence-corrected chi connectivity index (χ2v) is 4.34. The fourth-order valence-corrected chi connectivity index (χ4v) is 1.71. The largest absolute Gasteiger partial charge is 0.545 e. The van der Waals surface area contributed by atoms with Crippen molar-refractivity contribution in [3.63, 3.8) is 0 Å². The van der Waals surface area contributed by atoms with Gasteiger partial charge in [0.05, 0.1) is 18.8 Å². The molecule has 0 bridgehead atoms. The first-order valence-corrected chi connectivity index (χ1v) is 6.34. The number of benzene rings is 1. The van der Waals surface area contributed by atoms with E-state index < -0.39 is 11.9 Å². The van der Waals surface area contributed by atoms with Crippen molar-refractivity contribution in [2.24, 2.45) is 0 Å². The second kappa shape index (κ2) is 6.90. The Morgan fingerprint density at radius 1 is 1.27 bits per heavy atom. The first kappa shape index (κ1) is 15.1. The molecule has 1 N–H and O–H groups in total. The Morgan fingerprint density at radius 3 is 2.55 bits per heavy atom. The molecule has 2 rings (SSSR count). The molecule has 0 fully saturated rings. The number of hydrogen-bond acceptors (Lipinski definition) is 5. The van der Waals surface area contributed by atoms with Crippen LogP contribution in [0.15, 0.2) is 52.7 Å². The summed E-state index contributed by atoms with van der Waals surface area (Å²) in [6.07, 6.45) is 2.86. The Morgan fingerprint density at radius 2 is 2.00 bits per heavy atom. The summed E-state index contributed by atoms with van der Waals surface area (Å²) >= 11 is 0. The number of carbonyl (C=O) groups is 2. The van der Waals surface area contributed by atoms with E-state index in [9.17, 15) is 14.7 Å². The maximum absolute atomic E-state index is 11.9. The summed E-state index contributed by atoms with van der Waals surface area (Å²) in [4.78, 5) is 22.5. The molecule has 0 spiro atoms. The standard InChI is InChI=1S/C16H12N2O4/c17-9-13(15(19)18-10-14-2-1-7-22-14)8-11-3-5-12(6-4-11)16(20)21/h1-8H,10H2,(H,18,19)(H,20,21)/p-1. The van der Waals surface area contributed by atoms with E-state index >= 15 is 0 Å². The summed E-state index contributed by atoms with van der Waals surface area (Å²) in [5.74, 6) is -1.25. The van der Waals surface area contributed by atoms with Crippen molar-refractivity contribution in [3.05, 3.63) is 65.1 Å². The van der Waals surface area contributed by atoms with Crippen molar-refractivity contribution in [2.75, 3.05) is 0 Å². The van der Waals surface area contributed by atoms with Gasteiger partial charge in [0.2, 0.25) is 0 Å². The third kappa shape index (κ3) is 3.84. The fourth-order valence-electron chi connectivity index (χ4n) is 1.71. The van der Waals surface area contributed by atoms with E-state index in [1.807, 2.05) is 6.07 Å². The summed E-state index contributed by atoms with van der Waals surface area (Å²) in [5.41, 5.74) is 0.473. The minimum atomic E-state index is -1.28. The van der Waals surface area contributed by atoms with Crippen molar-refractivity contribution in [1.82, 2.24) is 5.32 Å². The Bertz CT molecular complexity index is 737. The van der Waals surface area contributed by atoms with E-state index in [-0.39, 0.29) is 17.7 Å². The average molecular weight is 295 g/mol. The molecule has 1 heterocycles. The number of carboxylic acids is 1. The highest BCUT2D eigenvalue weighted by Gasteiger charge is 2.09. The van der Waals surface area contributed by atoms with Crippen LogP contribution < -0.4 is 10.4 Å². The van der Waals surface area contributed by atoms with Gasteiger partial charge in [-0.15, -0.1) is 0 Å². The Hall–Kier alpha value is -3.33. The third-order valence-electron chi connectivity index (χ3n) is 2.83. The minimum Gasteiger partial charge on any atom is -0.545 e. The van der Waals surface area contributed by atoms with Crippen LogP contribution in [0.4, 0.5) is 0 Å². The van der Waals surface area contributed by atoms with Crippen LogP contribution in [0.25, 0.3) is 6.08 Å². The van der Waals surface area contributed by atoms with E-state index in [0.29, 0.717) is 11.3 Å².